The summed E-state index contributed by atoms with van der Waals surface area (Å²) in [5, 5.41) is 9.91. The molecule has 1 fully saturated rings. The Hall–Kier alpha value is -1.30. The predicted octanol–water partition coefficient (Wildman–Crippen LogP) is 3.85. The first-order chi connectivity index (χ1) is 12.8. The maximum Gasteiger partial charge on any atom is 0.0558 e. The van der Waals surface area contributed by atoms with Crippen molar-refractivity contribution >= 4 is 28.9 Å². The van der Waals surface area contributed by atoms with Gasteiger partial charge in [0, 0.05) is 49.1 Å². The van der Waals surface area contributed by atoms with Crippen molar-refractivity contribution in [2.45, 2.75) is 9.79 Å². The van der Waals surface area contributed by atoms with E-state index in [4.69, 9.17) is 16.7 Å². The molecule has 0 spiro atoms. The predicted molar refractivity (Wildman–Crippen MR) is 109 cm³/mol. The number of nitrogens with zero attached hydrogens (tertiary/aromatic N) is 2. The second kappa shape index (κ2) is 8.15. The summed E-state index contributed by atoms with van der Waals surface area (Å²) in [5.74, 6) is 0. The minimum atomic E-state index is 0.246. The van der Waals surface area contributed by atoms with Gasteiger partial charge in [0.05, 0.1) is 11.6 Å². The molecule has 2 aliphatic rings. The number of hydrogen-bond acceptors (Lipinski definition) is 4. The quantitative estimate of drug-likeness (QED) is 0.736. The van der Waals surface area contributed by atoms with Crippen LogP contribution >= 0.6 is 23.4 Å². The molecular formula is C21H23ClN2OS. The van der Waals surface area contributed by atoms with Crippen LogP contribution in [0.3, 0.4) is 0 Å². The molecule has 4 rings (SSSR count). The highest BCUT2D eigenvalue weighted by Gasteiger charge is 2.23. The molecule has 1 N–H and O–H groups in total. The molecule has 2 heterocycles. The van der Waals surface area contributed by atoms with Crippen molar-refractivity contribution in [2.75, 3.05) is 45.9 Å². The highest BCUT2D eigenvalue weighted by Crippen LogP contribution is 2.47. The van der Waals surface area contributed by atoms with Crippen molar-refractivity contribution in [1.82, 2.24) is 9.80 Å². The second-order valence-electron chi connectivity index (χ2n) is 6.70. The van der Waals surface area contributed by atoms with E-state index in [1.165, 1.54) is 21.6 Å². The Morgan fingerprint density at radius 1 is 0.962 bits per heavy atom. The molecule has 2 aliphatic heterocycles. The van der Waals surface area contributed by atoms with Crippen LogP contribution in [0.4, 0.5) is 0 Å². The summed E-state index contributed by atoms with van der Waals surface area (Å²) in [6, 6.07) is 14.8. The Morgan fingerprint density at radius 2 is 1.69 bits per heavy atom. The summed E-state index contributed by atoms with van der Waals surface area (Å²) in [6.07, 6.45) is 2.36. The molecule has 0 saturated carbocycles. The van der Waals surface area contributed by atoms with E-state index >= 15 is 0 Å². The molecule has 0 atom stereocenters. The number of aliphatic hydroxyl groups is 1. The van der Waals surface area contributed by atoms with Crippen LogP contribution in [0, 0.1) is 0 Å². The van der Waals surface area contributed by atoms with Crippen molar-refractivity contribution in [3.8, 4) is 0 Å². The number of β-amino-alcohol motifs (C(OH)–C–C–N with tert-alkyl or cyclic N) is 1. The Kier molecular flexibility index (Phi) is 5.67. The van der Waals surface area contributed by atoms with Crippen LogP contribution in [0.25, 0.3) is 5.57 Å². The number of rotatable bonds is 4. The van der Waals surface area contributed by atoms with Crippen LogP contribution in [-0.2, 0) is 0 Å². The van der Waals surface area contributed by atoms with Gasteiger partial charge in [-0.1, -0.05) is 59.8 Å². The van der Waals surface area contributed by atoms with Crippen LogP contribution in [0.2, 0.25) is 5.02 Å². The minimum Gasteiger partial charge on any atom is -0.395 e. The van der Waals surface area contributed by atoms with Gasteiger partial charge < -0.3 is 5.11 Å². The van der Waals surface area contributed by atoms with Gasteiger partial charge >= 0.3 is 0 Å². The average molecular weight is 387 g/mol. The maximum absolute atomic E-state index is 9.09. The third-order valence-electron chi connectivity index (χ3n) is 5.08. The Morgan fingerprint density at radius 3 is 2.50 bits per heavy atom. The summed E-state index contributed by atoms with van der Waals surface area (Å²) in [4.78, 5) is 7.24. The normalized spacial score (nSPS) is 19.4. The van der Waals surface area contributed by atoms with E-state index in [2.05, 4.69) is 46.2 Å². The highest BCUT2D eigenvalue weighted by atomic mass is 35.5. The first-order valence-electron chi connectivity index (χ1n) is 9.08. The van der Waals surface area contributed by atoms with Crippen molar-refractivity contribution in [3.05, 3.63) is 64.7 Å². The van der Waals surface area contributed by atoms with E-state index in [0.717, 1.165) is 49.2 Å². The van der Waals surface area contributed by atoms with Gasteiger partial charge in [-0.3, -0.25) is 9.80 Å². The standard InChI is InChI=1S/C21H23ClN2OS/c22-19-6-3-5-18-16(17-4-1-2-7-20(17)26-21(18)19)8-9-23-10-12-24(13-11-23)14-15-25/h1-8,25H,9-15H2/b16-8+. The largest absolute Gasteiger partial charge is 0.395 e. The number of piperazine rings is 1. The van der Waals surface area contributed by atoms with Crippen LogP contribution < -0.4 is 0 Å². The molecule has 0 unspecified atom stereocenters. The van der Waals surface area contributed by atoms with E-state index in [0.29, 0.717) is 0 Å². The van der Waals surface area contributed by atoms with Gasteiger partial charge in [-0.05, 0) is 28.8 Å². The van der Waals surface area contributed by atoms with Crippen molar-refractivity contribution in [1.29, 1.82) is 0 Å². The number of hydrogen-bond donors (Lipinski definition) is 1. The van der Waals surface area contributed by atoms with Crippen molar-refractivity contribution in [2.24, 2.45) is 0 Å². The lowest BCUT2D eigenvalue weighted by Gasteiger charge is -2.34. The van der Waals surface area contributed by atoms with Gasteiger partial charge in [0.2, 0.25) is 0 Å². The molecule has 0 aliphatic carbocycles. The number of fused-ring (bicyclic) bond motifs is 2. The topological polar surface area (TPSA) is 26.7 Å². The monoisotopic (exact) mass is 386 g/mol. The zero-order valence-corrected chi connectivity index (χ0v) is 16.3. The SMILES string of the molecule is OCCN1CCN(C/C=C2\c3ccccc3Sc3c(Cl)cccc32)CC1. The van der Waals surface area contributed by atoms with E-state index in [1.54, 1.807) is 11.8 Å². The molecule has 3 nitrogen and oxygen atoms in total. The summed E-state index contributed by atoms with van der Waals surface area (Å²) in [6.45, 7) is 6.11. The summed E-state index contributed by atoms with van der Waals surface area (Å²) >= 11 is 8.25. The van der Waals surface area contributed by atoms with Gasteiger partial charge in [0.25, 0.3) is 0 Å². The van der Waals surface area contributed by atoms with E-state index < -0.39 is 0 Å². The maximum atomic E-state index is 9.09. The van der Waals surface area contributed by atoms with Crippen LogP contribution in [-0.4, -0.2) is 60.8 Å². The molecule has 2 aromatic carbocycles. The van der Waals surface area contributed by atoms with Crippen molar-refractivity contribution < 1.29 is 5.11 Å². The highest BCUT2D eigenvalue weighted by molar-refractivity contribution is 7.99. The molecule has 0 radical (unpaired) electrons. The molecule has 2 aromatic rings. The molecule has 136 valence electrons. The second-order valence-corrected chi connectivity index (χ2v) is 8.16. The zero-order valence-electron chi connectivity index (χ0n) is 14.7. The third-order valence-corrected chi connectivity index (χ3v) is 6.73. The third kappa shape index (κ3) is 3.71. The van der Waals surface area contributed by atoms with Crippen molar-refractivity contribution in [3.63, 3.8) is 0 Å². The molecule has 0 bridgehead atoms. The first-order valence-corrected chi connectivity index (χ1v) is 10.3. The van der Waals surface area contributed by atoms with E-state index in [-0.39, 0.29) is 6.61 Å². The fraction of sp³-hybridized carbons (Fsp3) is 0.333. The van der Waals surface area contributed by atoms with E-state index in [1.807, 2.05) is 12.1 Å². The molecular weight excluding hydrogens is 364 g/mol. The molecule has 0 aromatic heterocycles. The minimum absolute atomic E-state index is 0.246. The number of aliphatic hydroxyl groups excluding tert-OH is 1. The Labute approximate surface area is 164 Å². The summed E-state index contributed by atoms with van der Waals surface area (Å²) in [5.41, 5.74) is 3.82. The van der Waals surface area contributed by atoms with Gasteiger partial charge in [-0.15, -0.1) is 0 Å². The Balaban J connectivity index is 1.58. The first kappa shape index (κ1) is 18.1. The molecule has 26 heavy (non-hydrogen) atoms. The van der Waals surface area contributed by atoms with Gasteiger partial charge in [-0.25, -0.2) is 0 Å². The zero-order chi connectivity index (χ0) is 17.9. The smallest absolute Gasteiger partial charge is 0.0558 e. The lowest BCUT2D eigenvalue weighted by Crippen LogP contribution is -2.47. The van der Waals surface area contributed by atoms with Gasteiger partial charge in [0.1, 0.15) is 0 Å². The summed E-state index contributed by atoms with van der Waals surface area (Å²) in [7, 11) is 0. The molecule has 0 amide bonds. The van der Waals surface area contributed by atoms with Crippen LogP contribution in [0.15, 0.2) is 58.3 Å². The number of halogens is 1. The summed E-state index contributed by atoms with van der Waals surface area (Å²) < 4.78 is 0. The molecule has 1 saturated heterocycles. The van der Waals surface area contributed by atoms with E-state index in [9.17, 15) is 0 Å². The average Bonchev–Trinajstić information content (AvgIpc) is 2.67. The Bertz CT molecular complexity index is 815. The van der Waals surface area contributed by atoms with Gasteiger partial charge in [-0.2, -0.15) is 0 Å². The van der Waals surface area contributed by atoms with Gasteiger partial charge in [0.15, 0.2) is 0 Å². The van der Waals surface area contributed by atoms with Crippen LogP contribution in [0.1, 0.15) is 11.1 Å². The lowest BCUT2D eigenvalue weighted by molar-refractivity contribution is 0.120. The fourth-order valence-electron chi connectivity index (χ4n) is 3.64. The molecule has 5 heteroatoms. The fourth-order valence-corrected chi connectivity index (χ4v) is 5.03. The number of benzene rings is 2. The van der Waals surface area contributed by atoms with Crippen LogP contribution in [0.5, 0.6) is 0 Å². The lowest BCUT2D eigenvalue weighted by atomic mass is 9.96.